The second-order valence-electron chi connectivity index (χ2n) is 4.36. The third-order valence-electron chi connectivity index (χ3n) is 2.72. The van der Waals surface area contributed by atoms with E-state index in [1.807, 2.05) is 0 Å². The van der Waals surface area contributed by atoms with Gasteiger partial charge in [0.15, 0.2) is 0 Å². The van der Waals surface area contributed by atoms with Crippen LogP contribution in [0.15, 0.2) is 40.9 Å². The summed E-state index contributed by atoms with van der Waals surface area (Å²) in [6, 6.07) is 9.16. The van der Waals surface area contributed by atoms with Crippen LogP contribution < -0.4 is 4.74 Å². The van der Waals surface area contributed by atoms with Gasteiger partial charge in [0.1, 0.15) is 11.5 Å². The number of ether oxygens (including phenoxy) is 1. The number of nitro groups is 1. The molecule has 0 spiro atoms. The molecule has 1 N–H and O–H groups in total. The minimum atomic E-state index is -0.682. The van der Waals surface area contributed by atoms with Crippen LogP contribution in [0, 0.1) is 10.1 Å². The molecule has 2 rings (SSSR count). The van der Waals surface area contributed by atoms with Gasteiger partial charge in [-0.25, -0.2) is 0 Å². The first kappa shape index (κ1) is 15.8. The molecule has 0 aliphatic heterocycles. The third-order valence-corrected chi connectivity index (χ3v) is 3.51. The Morgan fingerprint density at radius 3 is 2.57 bits per heavy atom. The summed E-state index contributed by atoms with van der Waals surface area (Å²) < 4.78 is 6.11. The van der Waals surface area contributed by atoms with Crippen molar-refractivity contribution in [3.8, 4) is 11.5 Å². The Morgan fingerprint density at radius 2 is 2.00 bits per heavy atom. The average molecular weight is 373 g/mol. The van der Waals surface area contributed by atoms with Crippen molar-refractivity contribution in [2.24, 2.45) is 0 Å². The standard InChI is InChI=1S/C14H11BrClNO4/c1-8(18)13-3-2-11(7-14(13)16)21-12-5-9(15)4-10(6-12)17(19)20/h2-8,18H,1H3. The van der Waals surface area contributed by atoms with Crippen molar-refractivity contribution >= 4 is 33.2 Å². The molecule has 0 aliphatic rings. The summed E-state index contributed by atoms with van der Waals surface area (Å²) in [5.41, 5.74) is 0.510. The summed E-state index contributed by atoms with van der Waals surface area (Å²) in [6.07, 6.45) is -0.682. The van der Waals surface area contributed by atoms with Gasteiger partial charge in [-0.1, -0.05) is 33.6 Å². The maximum absolute atomic E-state index is 10.8. The number of hydrogen-bond donors (Lipinski definition) is 1. The number of aliphatic hydroxyl groups excluding tert-OH is 1. The van der Waals surface area contributed by atoms with Gasteiger partial charge in [-0.3, -0.25) is 10.1 Å². The first-order chi connectivity index (χ1) is 9.86. The van der Waals surface area contributed by atoms with Gasteiger partial charge in [0.2, 0.25) is 0 Å². The summed E-state index contributed by atoms with van der Waals surface area (Å²) >= 11 is 9.24. The topological polar surface area (TPSA) is 72.6 Å². The molecule has 0 aliphatic carbocycles. The zero-order valence-electron chi connectivity index (χ0n) is 10.9. The lowest BCUT2D eigenvalue weighted by atomic mass is 10.1. The Morgan fingerprint density at radius 1 is 1.29 bits per heavy atom. The van der Waals surface area contributed by atoms with Gasteiger partial charge < -0.3 is 9.84 Å². The molecule has 0 saturated heterocycles. The second-order valence-corrected chi connectivity index (χ2v) is 5.69. The highest BCUT2D eigenvalue weighted by Gasteiger charge is 2.12. The summed E-state index contributed by atoms with van der Waals surface area (Å²) in [6.45, 7) is 1.61. The Labute approximate surface area is 134 Å². The first-order valence-corrected chi connectivity index (χ1v) is 7.14. The van der Waals surface area contributed by atoms with Gasteiger partial charge in [0.05, 0.1) is 22.1 Å². The quantitative estimate of drug-likeness (QED) is 0.614. The fourth-order valence-electron chi connectivity index (χ4n) is 1.76. The molecule has 1 atom stereocenters. The summed E-state index contributed by atoms with van der Waals surface area (Å²) in [5, 5.41) is 20.7. The van der Waals surface area contributed by atoms with E-state index >= 15 is 0 Å². The van der Waals surface area contributed by atoms with Gasteiger partial charge in [-0.2, -0.15) is 0 Å². The van der Waals surface area contributed by atoms with Crippen LogP contribution in [0.5, 0.6) is 11.5 Å². The highest BCUT2D eigenvalue weighted by Crippen LogP contribution is 2.32. The molecule has 7 heteroatoms. The zero-order chi connectivity index (χ0) is 15.6. The molecule has 2 aromatic rings. The monoisotopic (exact) mass is 371 g/mol. The van der Waals surface area contributed by atoms with Crippen molar-refractivity contribution in [2.75, 3.05) is 0 Å². The zero-order valence-corrected chi connectivity index (χ0v) is 13.3. The lowest BCUT2D eigenvalue weighted by Gasteiger charge is -2.10. The Kier molecular flexibility index (Phi) is 4.82. The lowest BCUT2D eigenvalue weighted by molar-refractivity contribution is -0.385. The molecule has 0 fully saturated rings. The minimum absolute atomic E-state index is 0.0777. The number of rotatable bonds is 4. The smallest absolute Gasteiger partial charge is 0.274 e. The number of aliphatic hydroxyl groups is 1. The highest BCUT2D eigenvalue weighted by molar-refractivity contribution is 9.10. The third kappa shape index (κ3) is 3.93. The maximum atomic E-state index is 10.8. The summed E-state index contributed by atoms with van der Waals surface area (Å²) in [7, 11) is 0. The van der Waals surface area contributed by atoms with Crippen LogP contribution in [0.4, 0.5) is 5.69 Å². The molecule has 5 nitrogen and oxygen atoms in total. The van der Waals surface area contributed by atoms with Crippen molar-refractivity contribution in [1.82, 2.24) is 0 Å². The van der Waals surface area contributed by atoms with Crippen molar-refractivity contribution in [3.05, 3.63) is 61.6 Å². The molecule has 0 amide bonds. The molecular weight excluding hydrogens is 362 g/mol. The van der Waals surface area contributed by atoms with Crippen LogP contribution in [-0.2, 0) is 0 Å². The number of non-ortho nitro benzene ring substituents is 1. The normalized spacial score (nSPS) is 12.0. The Balaban J connectivity index is 2.30. The van der Waals surface area contributed by atoms with Gasteiger partial charge in [-0.15, -0.1) is 0 Å². The molecule has 2 aromatic carbocycles. The largest absolute Gasteiger partial charge is 0.457 e. The van der Waals surface area contributed by atoms with Crippen molar-refractivity contribution in [1.29, 1.82) is 0 Å². The molecule has 0 aromatic heterocycles. The molecule has 0 bridgehead atoms. The van der Waals surface area contributed by atoms with Crippen molar-refractivity contribution in [3.63, 3.8) is 0 Å². The molecule has 21 heavy (non-hydrogen) atoms. The SMILES string of the molecule is CC(O)c1ccc(Oc2cc(Br)cc([N+](=O)[O-])c2)cc1Cl. The number of hydrogen-bond acceptors (Lipinski definition) is 4. The van der Waals surface area contributed by atoms with Crippen LogP contribution in [0.1, 0.15) is 18.6 Å². The fraction of sp³-hybridized carbons (Fsp3) is 0.143. The van der Waals surface area contributed by atoms with E-state index in [0.717, 1.165) is 0 Å². The number of benzene rings is 2. The van der Waals surface area contributed by atoms with Gasteiger partial charge in [0.25, 0.3) is 5.69 Å². The average Bonchev–Trinajstić information content (AvgIpc) is 2.37. The molecule has 0 saturated carbocycles. The van der Waals surface area contributed by atoms with E-state index in [-0.39, 0.29) is 5.69 Å². The van der Waals surface area contributed by atoms with Gasteiger partial charge in [-0.05, 0) is 30.7 Å². The van der Waals surface area contributed by atoms with Crippen LogP contribution in [-0.4, -0.2) is 10.0 Å². The van der Waals surface area contributed by atoms with Crippen LogP contribution in [0.25, 0.3) is 0 Å². The molecular formula is C14H11BrClNO4. The molecule has 110 valence electrons. The molecule has 0 radical (unpaired) electrons. The second kappa shape index (κ2) is 6.43. The van der Waals surface area contributed by atoms with Crippen LogP contribution in [0.2, 0.25) is 5.02 Å². The van der Waals surface area contributed by atoms with Crippen LogP contribution in [0.3, 0.4) is 0 Å². The Hall–Kier alpha value is -1.63. The van der Waals surface area contributed by atoms with Gasteiger partial charge >= 0.3 is 0 Å². The van der Waals surface area contributed by atoms with E-state index in [4.69, 9.17) is 16.3 Å². The number of nitrogens with zero attached hydrogens (tertiary/aromatic N) is 1. The van der Waals surface area contributed by atoms with Crippen molar-refractivity contribution < 1.29 is 14.8 Å². The molecule has 1 unspecified atom stereocenters. The predicted octanol–water partition coefficient (Wildman–Crippen LogP) is 4.86. The minimum Gasteiger partial charge on any atom is -0.457 e. The predicted molar refractivity (Wildman–Crippen MR) is 83.0 cm³/mol. The first-order valence-electron chi connectivity index (χ1n) is 5.97. The van der Waals surface area contributed by atoms with E-state index in [0.29, 0.717) is 26.6 Å². The van der Waals surface area contributed by atoms with E-state index in [9.17, 15) is 15.2 Å². The van der Waals surface area contributed by atoms with E-state index in [2.05, 4.69) is 15.9 Å². The van der Waals surface area contributed by atoms with Crippen LogP contribution >= 0.6 is 27.5 Å². The number of nitro benzene ring substituents is 1. The Bertz CT molecular complexity index is 691. The fourth-order valence-corrected chi connectivity index (χ4v) is 2.55. The summed E-state index contributed by atoms with van der Waals surface area (Å²) in [5.74, 6) is 0.744. The van der Waals surface area contributed by atoms with Crippen molar-refractivity contribution in [2.45, 2.75) is 13.0 Å². The van der Waals surface area contributed by atoms with E-state index in [1.54, 1.807) is 31.2 Å². The number of halogens is 2. The maximum Gasteiger partial charge on any atom is 0.274 e. The van der Waals surface area contributed by atoms with E-state index in [1.165, 1.54) is 12.1 Å². The van der Waals surface area contributed by atoms with E-state index < -0.39 is 11.0 Å². The molecule has 0 heterocycles. The van der Waals surface area contributed by atoms with Gasteiger partial charge in [0, 0.05) is 10.5 Å². The summed E-state index contributed by atoms with van der Waals surface area (Å²) in [4.78, 5) is 10.3. The lowest BCUT2D eigenvalue weighted by Crippen LogP contribution is -1.94. The highest BCUT2D eigenvalue weighted by atomic mass is 79.9.